The van der Waals surface area contributed by atoms with Crippen molar-refractivity contribution >= 4 is 30.0 Å². The van der Waals surface area contributed by atoms with Gasteiger partial charge in [-0.25, -0.2) is 4.79 Å². The van der Waals surface area contributed by atoms with E-state index in [0.717, 1.165) is 5.56 Å². The number of ether oxygens (including phenoxy) is 1. The number of benzene rings is 1. The molecule has 0 aliphatic heterocycles. The molecule has 7 nitrogen and oxygen atoms in total. The van der Waals surface area contributed by atoms with Gasteiger partial charge in [-0.1, -0.05) is 12.1 Å². The quantitative estimate of drug-likeness (QED) is 0.764. The maximum atomic E-state index is 12.2. The van der Waals surface area contributed by atoms with Crippen LogP contribution < -0.4 is 11.1 Å². The fraction of sp³-hybridized carbons (Fsp3) is 0.353. The summed E-state index contributed by atoms with van der Waals surface area (Å²) in [6.45, 7) is 5.88. The molecule has 2 aromatic rings. The van der Waals surface area contributed by atoms with E-state index in [1.807, 2.05) is 12.1 Å². The van der Waals surface area contributed by atoms with Crippen LogP contribution in [0.1, 0.15) is 36.7 Å². The van der Waals surface area contributed by atoms with Gasteiger partial charge in [-0.15, -0.1) is 12.4 Å². The summed E-state index contributed by atoms with van der Waals surface area (Å²) < 4.78 is 6.52. The molecule has 8 heteroatoms. The lowest BCUT2D eigenvalue weighted by Crippen LogP contribution is -2.37. The van der Waals surface area contributed by atoms with Crippen LogP contribution in [0.25, 0.3) is 0 Å². The molecule has 1 aromatic heterocycles. The average Bonchev–Trinajstić information content (AvgIpc) is 3.04. The number of hydrogen-bond acceptors (Lipinski definition) is 5. The molecule has 0 unspecified atom stereocenters. The van der Waals surface area contributed by atoms with Crippen LogP contribution in [0.2, 0.25) is 0 Å². The molecule has 25 heavy (non-hydrogen) atoms. The number of nitrogens with one attached hydrogen (secondary N) is 1. The highest BCUT2D eigenvalue weighted by atomic mass is 35.5. The van der Waals surface area contributed by atoms with Gasteiger partial charge in [0, 0.05) is 18.3 Å². The molecule has 1 aromatic carbocycles. The van der Waals surface area contributed by atoms with Crippen LogP contribution in [0.3, 0.4) is 0 Å². The highest BCUT2D eigenvalue weighted by Gasteiger charge is 2.32. The van der Waals surface area contributed by atoms with E-state index in [1.165, 1.54) is 10.9 Å². The number of nitrogens with two attached hydrogens (primary N) is 1. The van der Waals surface area contributed by atoms with Crippen molar-refractivity contribution in [1.29, 1.82) is 0 Å². The molecule has 0 aliphatic carbocycles. The molecule has 0 radical (unpaired) electrons. The highest BCUT2D eigenvalue weighted by Crippen LogP contribution is 2.19. The third-order valence-electron chi connectivity index (χ3n) is 3.64. The summed E-state index contributed by atoms with van der Waals surface area (Å²) in [6.07, 6.45) is 3.09. The summed E-state index contributed by atoms with van der Waals surface area (Å²) in [6, 6.07) is 7.04. The SMILES string of the molecule is CCOC(=O)C(C)(C)n1cc(NC(=O)c2ccc(CN)cc2)cn1.Cl. The Bertz CT molecular complexity index is 726. The minimum atomic E-state index is -0.957. The molecule has 136 valence electrons. The van der Waals surface area contributed by atoms with Crippen molar-refractivity contribution in [2.75, 3.05) is 11.9 Å². The van der Waals surface area contributed by atoms with Crippen LogP contribution in [-0.2, 0) is 21.6 Å². The first-order valence-electron chi connectivity index (χ1n) is 7.71. The first-order chi connectivity index (χ1) is 11.4. The summed E-state index contributed by atoms with van der Waals surface area (Å²) >= 11 is 0. The second kappa shape index (κ2) is 8.64. The molecule has 3 N–H and O–H groups in total. The zero-order valence-electron chi connectivity index (χ0n) is 14.5. The van der Waals surface area contributed by atoms with E-state index in [-0.39, 0.29) is 24.3 Å². The summed E-state index contributed by atoms with van der Waals surface area (Å²) in [5.74, 6) is -0.643. The molecule has 0 saturated carbocycles. The molecule has 0 atom stereocenters. The predicted molar refractivity (Wildman–Crippen MR) is 97.7 cm³/mol. The molecule has 0 saturated heterocycles. The van der Waals surface area contributed by atoms with Crippen LogP contribution in [0.5, 0.6) is 0 Å². The Morgan fingerprint density at radius 1 is 1.28 bits per heavy atom. The van der Waals surface area contributed by atoms with E-state index in [0.29, 0.717) is 24.4 Å². The van der Waals surface area contributed by atoms with E-state index >= 15 is 0 Å². The van der Waals surface area contributed by atoms with E-state index in [9.17, 15) is 9.59 Å². The minimum absolute atomic E-state index is 0. The van der Waals surface area contributed by atoms with Crippen molar-refractivity contribution in [2.24, 2.45) is 5.73 Å². The minimum Gasteiger partial charge on any atom is -0.464 e. The summed E-state index contributed by atoms with van der Waals surface area (Å²) in [5, 5.41) is 6.90. The van der Waals surface area contributed by atoms with Crippen molar-refractivity contribution in [3.63, 3.8) is 0 Å². The third kappa shape index (κ3) is 4.80. The van der Waals surface area contributed by atoms with Crippen molar-refractivity contribution in [1.82, 2.24) is 9.78 Å². The topological polar surface area (TPSA) is 99.2 Å². The van der Waals surface area contributed by atoms with E-state index < -0.39 is 5.54 Å². The number of anilines is 1. The van der Waals surface area contributed by atoms with Crippen LogP contribution in [-0.4, -0.2) is 28.3 Å². The summed E-state index contributed by atoms with van der Waals surface area (Å²) in [4.78, 5) is 24.2. The Hall–Kier alpha value is -2.38. The van der Waals surface area contributed by atoms with Gasteiger partial charge in [0.15, 0.2) is 5.54 Å². The number of hydrogen-bond donors (Lipinski definition) is 2. The number of halogens is 1. The van der Waals surface area contributed by atoms with Gasteiger partial charge in [-0.3, -0.25) is 9.48 Å². The van der Waals surface area contributed by atoms with Crippen LogP contribution in [0.15, 0.2) is 36.7 Å². The number of aromatic nitrogens is 2. The standard InChI is InChI=1S/C17H22N4O3.ClH/c1-4-24-16(23)17(2,3)21-11-14(10-19-21)20-15(22)13-7-5-12(9-18)6-8-13;/h5-8,10-11H,4,9,18H2,1-3H3,(H,20,22);1H. The first kappa shape index (κ1) is 20.7. The fourth-order valence-corrected chi connectivity index (χ4v) is 2.09. The molecule has 0 aliphatic rings. The normalized spacial score (nSPS) is 10.7. The monoisotopic (exact) mass is 366 g/mol. The lowest BCUT2D eigenvalue weighted by molar-refractivity contribution is -0.152. The van der Waals surface area contributed by atoms with Gasteiger partial charge in [0.1, 0.15) is 0 Å². The van der Waals surface area contributed by atoms with Gasteiger partial charge < -0.3 is 15.8 Å². The van der Waals surface area contributed by atoms with Crippen molar-refractivity contribution in [3.8, 4) is 0 Å². The zero-order chi connectivity index (χ0) is 17.7. The van der Waals surface area contributed by atoms with Gasteiger partial charge >= 0.3 is 5.97 Å². The highest BCUT2D eigenvalue weighted by molar-refractivity contribution is 6.04. The fourth-order valence-electron chi connectivity index (χ4n) is 2.09. The van der Waals surface area contributed by atoms with E-state index in [4.69, 9.17) is 10.5 Å². The van der Waals surface area contributed by atoms with Gasteiger partial charge in [0.05, 0.1) is 18.5 Å². The Balaban J connectivity index is 0.00000312. The van der Waals surface area contributed by atoms with E-state index in [1.54, 1.807) is 39.1 Å². The Kier molecular flexibility index (Phi) is 7.14. The summed E-state index contributed by atoms with van der Waals surface area (Å²) in [5.41, 5.74) is 6.56. The number of amides is 1. The van der Waals surface area contributed by atoms with Crippen LogP contribution >= 0.6 is 12.4 Å². The average molecular weight is 367 g/mol. The van der Waals surface area contributed by atoms with Crippen LogP contribution in [0, 0.1) is 0 Å². The number of nitrogens with zero attached hydrogens (tertiary/aromatic N) is 2. The molecule has 0 fully saturated rings. The van der Waals surface area contributed by atoms with Crippen LogP contribution in [0.4, 0.5) is 5.69 Å². The molecular weight excluding hydrogens is 344 g/mol. The van der Waals surface area contributed by atoms with Gasteiger partial charge in [-0.05, 0) is 38.5 Å². The second-order valence-electron chi connectivity index (χ2n) is 5.81. The zero-order valence-corrected chi connectivity index (χ0v) is 15.3. The molecule has 2 rings (SSSR count). The third-order valence-corrected chi connectivity index (χ3v) is 3.64. The second-order valence-corrected chi connectivity index (χ2v) is 5.81. The number of carbonyl (C=O) groups is 2. The molecular formula is C17H23ClN4O3. The first-order valence-corrected chi connectivity index (χ1v) is 7.71. The molecule has 1 heterocycles. The molecule has 1 amide bonds. The maximum absolute atomic E-state index is 12.2. The molecule has 0 bridgehead atoms. The number of carbonyl (C=O) groups excluding carboxylic acids is 2. The number of esters is 1. The van der Waals surface area contributed by atoms with Gasteiger partial charge in [0.2, 0.25) is 0 Å². The maximum Gasteiger partial charge on any atom is 0.333 e. The smallest absolute Gasteiger partial charge is 0.333 e. The predicted octanol–water partition coefficient (Wildman–Crippen LogP) is 2.31. The van der Waals surface area contributed by atoms with Crippen molar-refractivity contribution in [2.45, 2.75) is 32.9 Å². The van der Waals surface area contributed by atoms with E-state index in [2.05, 4.69) is 10.4 Å². The Labute approximate surface area is 152 Å². The van der Waals surface area contributed by atoms with Crippen molar-refractivity contribution < 1.29 is 14.3 Å². The Morgan fingerprint density at radius 3 is 2.48 bits per heavy atom. The largest absolute Gasteiger partial charge is 0.464 e. The molecule has 0 spiro atoms. The van der Waals surface area contributed by atoms with Crippen molar-refractivity contribution in [3.05, 3.63) is 47.8 Å². The lowest BCUT2D eigenvalue weighted by Gasteiger charge is -2.22. The lowest BCUT2D eigenvalue weighted by atomic mass is 10.1. The summed E-state index contributed by atoms with van der Waals surface area (Å²) in [7, 11) is 0. The number of rotatable bonds is 6. The van der Waals surface area contributed by atoms with Gasteiger partial charge in [0.25, 0.3) is 5.91 Å². The van der Waals surface area contributed by atoms with Gasteiger partial charge in [-0.2, -0.15) is 5.10 Å². The Morgan fingerprint density at radius 2 is 1.92 bits per heavy atom.